The first-order valence-corrected chi connectivity index (χ1v) is 4.33. The number of carbonyl (C=O) groups excluding carboxylic acids is 1. The van der Waals surface area contributed by atoms with E-state index in [1.54, 1.807) is 24.3 Å². The van der Waals surface area contributed by atoms with Crippen molar-refractivity contribution in [1.82, 2.24) is 0 Å². The molecule has 0 heterocycles. The summed E-state index contributed by atoms with van der Waals surface area (Å²) in [7, 11) is 0. The van der Waals surface area contributed by atoms with Crippen LogP contribution in [0.5, 0.6) is 5.75 Å². The molecule has 0 saturated carbocycles. The summed E-state index contributed by atoms with van der Waals surface area (Å²) < 4.78 is 5.18. The Kier molecular flexibility index (Phi) is 3.94. The number of nitrogens with two attached hydrogens (primary N) is 1. The number of primary amides is 1. The molecule has 3 N–H and O–H groups in total. The van der Waals surface area contributed by atoms with E-state index >= 15 is 0 Å². The Labute approximate surface area is 82.3 Å². The van der Waals surface area contributed by atoms with E-state index in [9.17, 15) is 4.79 Å². The Bertz CT molecular complexity index is 312. The van der Waals surface area contributed by atoms with Crippen LogP contribution in [0, 0.1) is 0 Å². The van der Waals surface area contributed by atoms with Gasteiger partial charge in [-0.1, -0.05) is 12.1 Å². The van der Waals surface area contributed by atoms with Crippen LogP contribution in [0.15, 0.2) is 24.3 Å². The molecule has 76 valence electrons. The molecule has 0 radical (unpaired) electrons. The largest absolute Gasteiger partial charge is 0.491 e. The molecule has 0 aliphatic heterocycles. The van der Waals surface area contributed by atoms with Crippen molar-refractivity contribution in [2.75, 3.05) is 13.2 Å². The van der Waals surface area contributed by atoms with Gasteiger partial charge < -0.3 is 15.6 Å². The Hall–Kier alpha value is -1.55. The highest BCUT2D eigenvalue weighted by molar-refractivity contribution is 5.76. The minimum absolute atomic E-state index is 0.0277. The van der Waals surface area contributed by atoms with Crippen LogP contribution >= 0.6 is 0 Å². The van der Waals surface area contributed by atoms with Gasteiger partial charge in [0.05, 0.1) is 13.0 Å². The lowest BCUT2D eigenvalue weighted by atomic mass is 10.1. The number of aliphatic hydroxyl groups excluding tert-OH is 1. The summed E-state index contributed by atoms with van der Waals surface area (Å²) in [6.07, 6.45) is 0.205. The smallest absolute Gasteiger partial charge is 0.221 e. The number of benzene rings is 1. The summed E-state index contributed by atoms with van der Waals surface area (Å²) in [4.78, 5) is 10.6. The molecule has 0 fully saturated rings. The molecule has 0 atom stereocenters. The van der Waals surface area contributed by atoms with Crippen LogP contribution in [0.4, 0.5) is 0 Å². The highest BCUT2D eigenvalue weighted by Gasteiger charge is 2.00. The third kappa shape index (κ3) is 3.45. The van der Waals surface area contributed by atoms with E-state index in [2.05, 4.69) is 0 Å². The molecule has 1 aromatic rings. The SMILES string of the molecule is NC(=O)Cc1cccc(OCCO)c1. The minimum Gasteiger partial charge on any atom is -0.491 e. The molecule has 0 saturated heterocycles. The fourth-order valence-corrected chi connectivity index (χ4v) is 1.11. The Morgan fingerprint density at radius 2 is 2.29 bits per heavy atom. The zero-order chi connectivity index (χ0) is 10.4. The molecule has 0 bridgehead atoms. The number of amides is 1. The highest BCUT2D eigenvalue weighted by atomic mass is 16.5. The van der Waals surface area contributed by atoms with Crippen molar-refractivity contribution in [2.24, 2.45) is 5.73 Å². The first kappa shape index (κ1) is 10.5. The van der Waals surface area contributed by atoms with E-state index in [-0.39, 0.29) is 25.5 Å². The van der Waals surface area contributed by atoms with Crippen molar-refractivity contribution in [3.8, 4) is 5.75 Å². The predicted molar refractivity (Wildman–Crippen MR) is 51.9 cm³/mol. The molecule has 0 aliphatic carbocycles. The molecular formula is C10H13NO3. The second kappa shape index (κ2) is 5.24. The maximum atomic E-state index is 10.6. The van der Waals surface area contributed by atoms with Crippen LogP contribution in [0.3, 0.4) is 0 Å². The summed E-state index contributed by atoms with van der Waals surface area (Å²) in [6, 6.07) is 7.09. The van der Waals surface area contributed by atoms with Gasteiger partial charge in [0.2, 0.25) is 5.91 Å². The molecule has 0 spiro atoms. The zero-order valence-corrected chi connectivity index (χ0v) is 7.77. The van der Waals surface area contributed by atoms with Crippen LogP contribution in [-0.2, 0) is 11.2 Å². The monoisotopic (exact) mass is 195 g/mol. The topological polar surface area (TPSA) is 72.6 Å². The number of aliphatic hydroxyl groups is 1. The maximum Gasteiger partial charge on any atom is 0.221 e. The molecular weight excluding hydrogens is 182 g/mol. The third-order valence-electron chi connectivity index (χ3n) is 1.64. The minimum atomic E-state index is -0.371. The fraction of sp³-hybridized carbons (Fsp3) is 0.300. The zero-order valence-electron chi connectivity index (χ0n) is 7.77. The summed E-state index contributed by atoms with van der Waals surface area (Å²) in [5, 5.41) is 8.54. The fourth-order valence-electron chi connectivity index (χ4n) is 1.11. The summed E-state index contributed by atoms with van der Waals surface area (Å²) in [6.45, 7) is 0.222. The second-order valence-electron chi connectivity index (χ2n) is 2.86. The second-order valence-corrected chi connectivity index (χ2v) is 2.86. The van der Waals surface area contributed by atoms with Crippen LogP contribution in [0.2, 0.25) is 0 Å². The standard InChI is InChI=1S/C10H13NO3/c11-10(13)7-8-2-1-3-9(6-8)14-5-4-12/h1-3,6,12H,4-5,7H2,(H2,11,13). The lowest BCUT2D eigenvalue weighted by Crippen LogP contribution is -2.13. The van der Waals surface area contributed by atoms with Crippen LogP contribution in [0.1, 0.15) is 5.56 Å². The average molecular weight is 195 g/mol. The number of hydrogen-bond donors (Lipinski definition) is 2. The molecule has 0 unspecified atom stereocenters. The van der Waals surface area contributed by atoms with Gasteiger partial charge >= 0.3 is 0 Å². The van der Waals surface area contributed by atoms with Crippen molar-refractivity contribution in [2.45, 2.75) is 6.42 Å². The normalized spacial score (nSPS) is 9.79. The van der Waals surface area contributed by atoms with Gasteiger partial charge in [0, 0.05) is 0 Å². The van der Waals surface area contributed by atoms with Gasteiger partial charge in [0.15, 0.2) is 0 Å². The molecule has 1 amide bonds. The van der Waals surface area contributed by atoms with Gasteiger partial charge in [0.1, 0.15) is 12.4 Å². The van der Waals surface area contributed by atoms with Gasteiger partial charge in [-0.25, -0.2) is 0 Å². The number of ether oxygens (including phenoxy) is 1. The van der Waals surface area contributed by atoms with Crippen LogP contribution in [0.25, 0.3) is 0 Å². The van der Waals surface area contributed by atoms with Gasteiger partial charge in [-0.05, 0) is 17.7 Å². The van der Waals surface area contributed by atoms with E-state index in [0.29, 0.717) is 5.75 Å². The summed E-state index contributed by atoms with van der Waals surface area (Å²) >= 11 is 0. The van der Waals surface area contributed by atoms with E-state index in [1.807, 2.05) is 0 Å². The number of carbonyl (C=O) groups is 1. The van der Waals surface area contributed by atoms with Crippen molar-refractivity contribution < 1.29 is 14.6 Å². The van der Waals surface area contributed by atoms with Crippen LogP contribution < -0.4 is 10.5 Å². The van der Waals surface area contributed by atoms with Gasteiger partial charge in [0.25, 0.3) is 0 Å². The summed E-state index contributed by atoms with van der Waals surface area (Å²) in [5.74, 6) is 0.266. The molecule has 0 aromatic heterocycles. The van der Waals surface area contributed by atoms with Crippen molar-refractivity contribution in [3.63, 3.8) is 0 Å². The molecule has 14 heavy (non-hydrogen) atoms. The molecule has 1 rings (SSSR count). The third-order valence-corrected chi connectivity index (χ3v) is 1.64. The van der Waals surface area contributed by atoms with E-state index < -0.39 is 0 Å². The molecule has 1 aromatic carbocycles. The van der Waals surface area contributed by atoms with Crippen LogP contribution in [-0.4, -0.2) is 24.2 Å². The first-order chi connectivity index (χ1) is 6.72. The van der Waals surface area contributed by atoms with Crippen molar-refractivity contribution in [1.29, 1.82) is 0 Å². The molecule has 4 nitrogen and oxygen atoms in total. The van der Waals surface area contributed by atoms with E-state index in [0.717, 1.165) is 5.56 Å². The van der Waals surface area contributed by atoms with Crippen molar-refractivity contribution >= 4 is 5.91 Å². The van der Waals surface area contributed by atoms with Gasteiger partial charge in [-0.15, -0.1) is 0 Å². The lowest BCUT2D eigenvalue weighted by molar-refractivity contribution is -0.117. The molecule has 4 heteroatoms. The van der Waals surface area contributed by atoms with E-state index in [4.69, 9.17) is 15.6 Å². The first-order valence-electron chi connectivity index (χ1n) is 4.33. The number of hydrogen-bond acceptors (Lipinski definition) is 3. The van der Waals surface area contributed by atoms with E-state index in [1.165, 1.54) is 0 Å². The lowest BCUT2D eigenvalue weighted by Gasteiger charge is -2.05. The number of rotatable bonds is 5. The Morgan fingerprint density at radius 1 is 1.50 bits per heavy atom. The van der Waals surface area contributed by atoms with Gasteiger partial charge in [-0.2, -0.15) is 0 Å². The predicted octanol–water partition coefficient (Wildman–Crippen LogP) is 0.0855. The maximum absolute atomic E-state index is 10.6. The highest BCUT2D eigenvalue weighted by Crippen LogP contribution is 2.13. The average Bonchev–Trinajstić information content (AvgIpc) is 2.14. The van der Waals surface area contributed by atoms with Gasteiger partial charge in [-0.3, -0.25) is 4.79 Å². The molecule has 0 aliphatic rings. The Balaban J connectivity index is 2.63. The summed E-state index contributed by atoms with van der Waals surface area (Å²) in [5.41, 5.74) is 5.87. The van der Waals surface area contributed by atoms with Crippen molar-refractivity contribution in [3.05, 3.63) is 29.8 Å². The quantitative estimate of drug-likeness (QED) is 0.699. The Morgan fingerprint density at radius 3 is 2.93 bits per heavy atom.